The van der Waals surface area contributed by atoms with Crippen molar-refractivity contribution in [2.75, 3.05) is 44.7 Å². The van der Waals surface area contributed by atoms with Crippen molar-refractivity contribution < 1.29 is 4.74 Å². The number of morpholine rings is 1. The summed E-state index contributed by atoms with van der Waals surface area (Å²) >= 11 is 0. The van der Waals surface area contributed by atoms with Crippen molar-refractivity contribution in [3.8, 4) is 0 Å². The first kappa shape index (κ1) is 20.7. The molecule has 2 fully saturated rings. The Labute approximate surface area is 178 Å². The number of anilines is 1. The maximum absolute atomic E-state index is 5.65. The molecule has 2 aliphatic rings. The van der Waals surface area contributed by atoms with Crippen LogP contribution in [0.3, 0.4) is 0 Å². The van der Waals surface area contributed by atoms with Gasteiger partial charge in [0.25, 0.3) is 0 Å². The standard InChI is InChI=1S/C22H33N7O/c1-17-14-28(8-9-30-17)21-11-18(4-6-24-21)12-25-22(23-2)29-7-5-19(16-29)10-20-13-26-27(3)15-20/h4,6,11,13,15,17,19H,5,7-10,12,14,16H2,1-3H3,(H,23,25). The topological polar surface area (TPSA) is 70.8 Å². The Balaban J connectivity index is 1.31. The molecule has 0 amide bonds. The molecule has 1 N–H and O–H groups in total. The molecule has 0 bridgehead atoms. The van der Waals surface area contributed by atoms with E-state index in [1.54, 1.807) is 0 Å². The van der Waals surface area contributed by atoms with E-state index >= 15 is 0 Å². The molecule has 0 spiro atoms. The van der Waals surface area contributed by atoms with Crippen molar-refractivity contribution in [2.24, 2.45) is 18.0 Å². The van der Waals surface area contributed by atoms with Crippen LogP contribution in [0.15, 0.2) is 35.7 Å². The Morgan fingerprint density at radius 1 is 1.30 bits per heavy atom. The molecule has 0 aromatic carbocycles. The SMILES string of the molecule is CN=C(NCc1ccnc(N2CCOC(C)C2)c1)N1CCC(Cc2cnn(C)c2)C1. The van der Waals surface area contributed by atoms with Crippen LogP contribution < -0.4 is 10.2 Å². The van der Waals surface area contributed by atoms with Gasteiger partial charge in [0.05, 0.1) is 18.9 Å². The van der Waals surface area contributed by atoms with Crippen LogP contribution in [-0.2, 0) is 24.8 Å². The summed E-state index contributed by atoms with van der Waals surface area (Å²) in [6.07, 6.45) is 8.50. The zero-order valence-corrected chi connectivity index (χ0v) is 18.3. The zero-order chi connectivity index (χ0) is 20.9. The average Bonchev–Trinajstić information content (AvgIpc) is 3.38. The van der Waals surface area contributed by atoms with Crippen LogP contribution >= 0.6 is 0 Å². The van der Waals surface area contributed by atoms with Gasteiger partial charge in [-0.25, -0.2) is 4.98 Å². The molecule has 2 aromatic rings. The molecule has 162 valence electrons. The number of nitrogens with one attached hydrogen (secondary N) is 1. The Hall–Kier alpha value is -2.61. The third-order valence-electron chi connectivity index (χ3n) is 5.91. The van der Waals surface area contributed by atoms with Crippen molar-refractivity contribution in [3.05, 3.63) is 41.9 Å². The molecular formula is C22H33N7O. The number of aliphatic imine (C=N–C) groups is 1. The maximum atomic E-state index is 5.65. The number of hydrogen-bond donors (Lipinski definition) is 1. The summed E-state index contributed by atoms with van der Waals surface area (Å²) in [5, 5.41) is 7.83. The molecule has 8 nitrogen and oxygen atoms in total. The lowest BCUT2D eigenvalue weighted by atomic mass is 10.0. The Morgan fingerprint density at radius 3 is 2.97 bits per heavy atom. The summed E-state index contributed by atoms with van der Waals surface area (Å²) < 4.78 is 7.53. The van der Waals surface area contributed by atoms with Gasteiger partial charge >= 0.3 is 0 Å². The second-order valence-corrected chi connectivity index (χ2v) is 8.38. The molecule has 2 aromatic heterocycles. The highest BCUT2D eigenvalue weighted by molar-refractivity contribution is 5.80. The minimum absolute atomic E-state index is 0.246. The van der Waals surface area contributed by atoms with Crippen LogP contribution in [0.5, 0.6) is 0 Å². The van der Waals surface area contributed by atoms with Gasteiger partial charge in [-0.15, -0.1) is 0 Å². The van der Waals surface area contributed by atoms with Crippen molar-refractivity contribution in [3.63, 3.8) is 0 Å². The van der Waals surface area contributed by atoms with E-state index in [1.807, 2.05) is 31.2 Å². The highest BCUT2D eigenvalue weighted by Gasteiger charge is 2.25. The summed E-state index contributed by atoms with van der Waals surface area (Å²) in [4.78, 5) is 13.8. The lowest BCUT2D eigenvalue weighted by Gasteiger charge is -2.32. The molecule has 0 saturated carbocycles. The Kier molecular flexibility index (Phi) is 6.52. The number of likely N-dealkylation sites (tertiary alicyclic amines) is 1. The lowest BCUT2D eigenvalue weighted by Crippen LogP contribution is -2.41. The van der Waals surface area contributed by atoms with Crippen LogP contribution in [0.4, 0.5) is 5.82 Å². The fourth-order valence-electron chi connectivity index (χ4n) is 4.39. The number of rotatable bonds is 5. The predicted octanol–water partition coefficient (Wildman–Crippen LogP) is 1.68. The number of hydrogen-bond acceptors (Lipinski definition) is 5. The molecule has 8 heteroatoms. The van der Waals surface area contributed by atoms with E-state index < -0.39 is 0 Å². The van der Waals surface area contributed by atoms with Crippen LogP contribution in [0.2, 0.25) is 0 Å². The van der Waals surface area contributed by atoms with Crippen molar-refractivity contribution in [1.82, 2.24) is 25.0 Å². The largest absolute Gasteiger partial charge is 0.375 e. The van der Waals surface area contributed by atoms with Crippen molar-refractivity contribution >= 4 is 11.8 Å². The summed E-state index contributed by atoms with van der Waals surface area (Å²) in [7, 11) is 3.84. The number of ether oxygens (including phenoxy) is 1. The van der Waals surface area contributed by atoms with Gasteiger partial charge in [0.15, 0.2) is 5.96 Å². The van der Waals surface area contributed by atoms with E-state index in [4.69, 9.17) is 4.74 Å². The molecule has 2 atom stereocenters. The molecule has 2 unspecified atom stereocenters. The third kappa shape index (κ3) is 5.11. The first-order valence-electron chi connectivity index (χ1n) is 10.9. The van der Waals surface area contributed by atoms with Crippen LogP contribution in [-0.4, -0.2) is 71.6 Å². The average molecular weight is 412 g/mol. The number of nitrogens with zero attached hydrogens (tertiary/aromatic N) is 6. The third-order valence-corrected chi connectivity index (χ3v) is 5.91. The Bertz CT molecular complexity index is 865. The molecule has 2 saturated heterocycles. The van der Waals surface area contributed by atoms with E-state index in [0.29, 0.717) is 5.92 Å². The fraction of sp³-hybridized carbons (Fsp3) is 0.591. The number of pyridine rings is 1. The first-order chi connectivity index (χ1) is 14.6. The van der Waals surface area contributed by atoms with Crippen molar-refractivity contribution in [1.29, 1.82) is 0 Å². The number of guanidine groups is 1. The van der Waals surface area contributed by atoms with Crippen LogP contribution in [0, 0.1) is 5.92 Å². The highest BCUT2D eigenvalue weighted by atomic mass is 16.5. The summed E-state index contributed by atoms with van der Waals surface area (Å²) in [6, 6.07) is 4.25. The van der Waals surface area contributed by atoms with E-state index in [0.717, 1.165) is 57.5 Å². The van der Waals surface area contributed by atoms with Crippen LogP contribution in [0.1, 0.15) is 24.5 Å². The van der Waals surface area contributed by atoms with Gasteiger partial charge in [-0.3, -0.25) is 9.67 Å². The highest BCUT2D eigenvalue weighted by Crippen LogP contribution is 2.21. The van der Waals surface area contributed by atoms with Gasteiger partial charge < -0.3 is 19.9 Å². The number of aryl methyl sites for hydroxylation is 1. The first-order valence-corrected chi connectivity index (χ1v) is 10.9. The quantitative estimate of drug-likeness (QED) is 0.596. The van der Waals surface area contributed by atoms with E-state index in [2.05, 4.69) is 55.4 Å². The fourth-order valence-corrected chi connectivity index (χ4v) is 4.39. The second-order valence-electron chi connectivity index (χ2n) is 8.38. The van der Waals surface area contributed by atoms with Gasteiger partial charge in [0, 0.05) is 59.2 Å². The van der Waals surface area contributed by atoms with Gasteiger partial charge in [-0.2, -0.15) is 5.10 Å². The molecular weight excluding hydrogens is 378 g/mol. The van der Waals surface area contributed by atoms with Gasteiger partial charge in [0.1, 0.15) is 5.82 Å². The normalized spacial score (nSPS) is 22.6. The van der Waals surface area contributed by atoms with E-state index in [-0.39, 0.29) is 6.10 Å². The summed E-state index contributed by atoms with van der Waals surface area (Å²) in [6.45, 7) is 7.46. The van der Waals surface area contributed by atoms with Gasteiger partial charge in [-0.05, 0) is 48.9 Å². The molecule has 4 rings (SSSR count). The van der Waals surface area contributed by atoms with E-state index in [1.165, 1.54) is 17.5 Å². The Morgan fingerprint density at radius 2 is 2.20 bits per heavy atom. The van der Waals surface area contributed by atoms with Crippen molar-refractivity contribution in [2.45, 2.75) is 32.4 Å². The molecule has 2 aliphatic heterocycles. The lowest BCUT2D eigenvalue weighted by molar-refractivity contribution is 0.0529. The molecule has 0 radical (unpaired) electrons. The zero-order valence-electron chi connectivity index (χ0n) is 18.3. The maximum Gasteiger partial charge on any atom is 0.193 e. The van der Waals surface area contributed by atoms with Gasteiger partial charge in [0.2, 0.25) is 0 Å². The second kappa shape index (κ2) is 9.47. The van der Waals surface area contributed by atoms with Gasteiger partial charge in [-0.1, -0.05) is 0 Å². The molecule has 0 aliphatic carbocycles. The minimum Gasteiger partial charge on any atom is -0.375 e. The van der Waals surface area contributed by atoms with Crippen LogP contribution in [0.25, 0.3) is 0 Å². The smallest absolute Gasteiger partial charge is 0.193 e. The molecule has 4 heterocycles. The predicted molar refractivity (Wildman–Crippen MR) is 119 cm³/mol. The summed E-state index contributed by atoms with van der Waals surface area (Å²) in [5.74, 6) is 2.64. The summed E-state index contributed by atoms with van der Waals surface area (Å²) in [5.41, 5.74) is 2.53. The number of aromatic nitrogens is 3. The monoisotopic (exact) mass is 411 g/mol. The molecule has 30 heavy (non-hydrogen) atoms. The van der Waals surface area contributed by atoms with E-state index in [9.17, 15) is 0 Å². The minimum atomic E-state index is 0.246.